The number of rotatable bonds is 4. The van der Waals surface area contributed by atoms with E-state index in [1.807, 2.05) is 13.8 Å². The fourth-order valence-electron chi connectivity index (χ4n) is 1.69. The number of aromatic nitrogens is 2. The van der Waals surface area contributed by atoms with E-state index in [2.05, 4.69) is 10.1 Å². The van der Waals surface area contributed by atoms with Crippen LogP contribution in [0.2, 0.25) is 0 Å². The van der Waals surface area contributed by atoms with Crippen molar-refractivity contribution in [3.05, 3.63) is 11.7 Å². The summed E-state index contributed by atoms with van der Waals surface area (Å²) in [6.45, 7) is 4.46. The van der Waals surface area contributed by atoms with Gasteiger partial charge in [-0.3, -0.25) is 0 Å². The van der Waals surface area contributed by atoms with E-state index in [0.717, 1.165) is 12.8 Å². The van der Waals surface area contributed by atoms with E-state index in [1.165, 1.54) is 0 Å². The largest absolute Gasteiger partial charge is 0.393 e. The second kappa shape index (κ2) is 4.28. The zero-order chi connectivity index (χ0) is 10.8. The van der Waals surface area contributed by atoms with E-state index in [4.69, 9.17) is 14.4 Å². The molecule has 0 spiro atoms. The van der Waals surface area contributed by atoms with Crippen LogP contribution < -0.4 is 0 Å². The Morgan fingerprint density at radius 1 is 1.60 bits per heavy atom. The third-order valence-electron chi connectivity index (χ3n) is 2.70. The molecule has 5 nitrogen and oxygen atoms in total. The fraction of sp³-hybridized carbons (Fsp3) is 0.800. The quantitative estimate of drug-likeness (QED) is 0.817. The SMILES string of the molecule is CCOC(C)c1noc(C2CC(O)C2)n1. The van der Waals surface area contributed by atoms with Gasteiger partial charge in [0.05, 0.1) is 6.10 Å². The maximum Gasteiger partial charge on any atom is 0.230 e. The van der Waals surface area contributed by atoms with Crippen molar-refractivity contribution >= 4 is 0 Å². The summed E-state index contributed by atoms with van der Waals surface area (Å²) in [6, 6.07) is 0. The highest BCUT2D eigenvalue weighted by Gasteiger charge is 2.33. The molecule has 1 atom stereocenters. The van der Waals surface area contributed by atoms with Crippen LogP contribution in [-0.2, 0) is 4.74 Å². The Morgan fingerprint density at radius 2 is 2.33 bits per heavy atom. The Kier molecular flexibility index (Phi) is 3.02. The molecule has 1 heterocycles. The van der Waals surface area contributed by atoms with Gasteiger partial charge in [-0.2, -0.15) is 4.98 Å². The normalized spacial score (nSPS) is 27.4. The van der Waals surface area contributed by atoms with Gasteiger partial charge in [-0.1, -0.05) is 5.16 Å². The Labute approximate surface area is 88.4 Å². The van der Waals surface area contributed by atoms with Crippen molar-refractivity contribution in [2.24, 2.45) is 0 Å². The Bertz CT molecular complexity index is 301. The van der Waals surface area contributed by atoms with Gasteiger partial charge in [0.15, 0.2) is 5.82 Å². The van der Waals surface area contributed by atoms with Crippen LogP contribution in [0.1, 0.15) is 50.4 Å². The first kappa shape index (κ1) is 10.6. The monoisotopic (exact) mass is 212 g/mol. The number of nitrogens with zero attached hydrogens (tertiary/aromatic N) is 2. The molecule has 84 valence electrons. The van der Waals surface area contributed by atoms with E-state index in [9.17, 15) is 0 Å². The number of hydrogen-bond donors (Lipinski definition) is 1. The lowest BCUT2D eigenvalue weighted by Gasteiger charge is -2.27. The van der Waals surface area contributed by atoms with Gasteiger partial charge in [-0.15, -0.1) is 0 Å². The van der Waals surface area contributed by atoms with Gasteiger partial charge in [-0.25, -0.2) is 0 Å². The fourth-order valence-corrected chi connectivity index (χ4v) is 1.69. The van der Waals surface area contributed by atoms with Crippen molar-refractivity contribution in [2.75, 3.05) is 6.61 Å². The maximum atomic E-state index is 9.17. The molecule has 5 heteroatoms. The summed E-state index contributed by atoms with van der Waals surface area (Å²) in [4.78, 5) is 4.27. The van der Waals surface area contributed by atoms with Crippen LogP contribution in [0.15, 0.2) is 4.52 Å². The highest BCUT2D eigenvalue weighted by atomic mass is 16.5. The van der Waals surface area contributed by atoms with Crippen LogP contribution in [0.25, 0.3) is 0 Å². The van der Waals surface area contributed by atoms with Gasteiger partial charge in [-0.05, 0) is 26.7 Å². The summed E-state index contributed by atoms with van der Waals surface area (Å²) in [6.07, 6.45) is 1.13. The molecule has 0 aromatic carbocycles. The molecule has 0 aliphatic heterocycles. The molecule has 1 aliphatic rings. The third-order valence-corrected chi connectivity index (χ3v) is 2.70. The zero-order valence-electron chi connectivity index (χ0n) is 9.01. The molecule has 0 saturated heterocycles. The summed E-state index contributed by atoms with van der Waals surface area (Å²) < 4.78 is 10.5. The van der Waals surface area contributed by atoms with Crippen molar-refractivity contribution in [1.29, 1.82) is 0 Å². The highest BCUT2D eigenvalue weighted by molar-refractivity contribution is 5.02. The van der Waals surface area contributed by atoms with E-state index in [-0.39, 0.29) is 18.1 Å². The van der Waals surface area contributed by atoms with Crippen LogP contribution >= 0.6 is 0 Å². The summed E-state index contributed by atoms with van der Waals surface area (Å²) in [7, 11) is 0. The Hall–Kier alpha value is -0.940. The van der Waals surface area contributed by atoms with Gasteiger partial charge in [0.25, 0.3) is 0 Å². The second-order valence-electron chi connectivity index (χ2n) is 3.91. The van der Waals surface area contributed by atoms with Crippen LogP contribution in [0, 0.1) is 0 Å². The maximum absolute atomic E-state index is 9.17. The van der Waals surface area contributed by atoms with E-state index < -0.39 is 0 Å². The molecule has 0 bridgehead atoms. The molecule has 1 saturated carbocycles. The lowest BCUT2D eigenvalue weighted by molar-refractivity contribution is 0.0622. The Balaban J connectivity index is 1.98. The van der Waals surface area contributed by atoms with Crippen LogP contribution in [0.5, 0.6) is 0 Å². The third kappa shape index (κ3) is 2.18. The van der Waals surface area contributed by atoms with Crippen LogP contribution in [-0.4, -0.2) is 28.0 Å². The minimum atomic E-state index is -0.199. The van der Waals surface area contributed by atoms with Crippen molar-refractivity contribution in [2.45, 2.75) is 44.8 Å². The van der Waals surface area contributed by atoms with Gasteiger partial charge in [0, 0.05) is 12.5 Å². The molecule has 1 aliphatic carbocycles. The van der Waals surface area contributed by atoms with Crippen molar-refractivity contribution in [1.82, 2.24) is 10.1 Å². The predicted octanol–water partition coefficient (Wildman–Crippen LogP) is 1.41. The van der Waals surface area contributed by atoms with Crippen molar-refractivity contribution < 1.29 is 14.4 Å². The molecule has 1 aromatic rings. The summed E-state index contributed by atoms with van der Waals surface area (Å²) in [5.41, 5.74) is 0. The smallest absolute Gasteiger partial charge is 0.230 e. The standard InChI is InChI=1S/C10H16N2O3/c1-3-14-6(2)9-11-10(15-12-9)7-4-8(13)5-7/h6-8,13H,3-5H2,1-2H3. The van der Waals surface area contributed by atoms with Gasteiger partial charge >= 0.3 is 0 Å². The van der Waals surface area contributed by atoms with Gasteiger partial charge < -0.3 is 14.4 Å². The van der Waals surface area contributed by atoms with Gasteiger partial charge in [0.1, 0.15) is 6.10 Å². The predicted molar refractivity (Wildman–Crippen MR) is 52.3 cm³/mol. The average Bonchev–Trinajstić information content (AvgIpc) is 2.62. The average molecular weight is 212 g/mol. The Morgan fingerprint density at radius 3 is 2.93 bits per heavy atom. The number of ether oxygens (including phenoxy) is 1. The summed E-state index contributed by atoms with van der Waals surface area (Å²) >= 11 is 0. The first-order valence-corrected chi connectivity index (χ1v) is 5.33. The highest BCUT2D eigenvalue weighted by Crippen LogP contribution is 2.36. The van der Waals surface area contributed by atoms with Crippen molar-refractivity contribution in [3.63, 3.8) is 0 Å². The van der Waals surface area contributed by atoms with Crippen LogP contribution in [0.3, 0.4) is 0 Å². The molecule has 0 amide bonds. The summed E-state index contributed by atoms with van der Waals surface area (Å²) in [5, 5.41) is 13.0. The molecule has 1 fully saturated rings. The minimum Gasteiger partial charge on any atom is -0.393 e. The van der Waals surface area contributed by atoms with Crippen molar-refractivity contribution in [3.8, 4) is 0 Å². The molecule has 1 unspecified atom stereocenters. The van der Waals surface area contributed by atoms with E-state index >= 15 is 0 Å². The lowest BCUT2D eigenvalue weighted by atomic mass is 9.82. The summed E-state index contributed by atoms with van der Waals surface area (Å²) in [5.74, 6) is 1.45. The number of hydrogen-bond acceptors (Lipinski definition) is 5. The minimum absolute atomic E-state index is 0.127. The molecule has 0 radical (unpaired) electrons. The van der Waals surface area contributed by atoms with Crippen LogP contribution in [0.4, 0.5) is 0 Å². The lowest BCUT2D eigenvalue weighted by Crippen LogP contribution is -2.26. The number of aliphatic hydroxyl groups excluding tert-OH is 1. The zero-order valence-corrected chi connectivity index (χ0v) is 9.01. The molecule has 1 aromatic heterocycles. The second-order valence-corrected chi connectivity index (χ2v) is 3.91. The first-order chi connectivity index (χ1) is 7.20. The molecular formula is C10H16N2O3. The molecule has 1 N–H and O–H groups in total. The number of aliphatic hydroxyl groups is 1. The molecule has 2 rings (SSSR count). The van der Waals surface area contributed by atoms with Gasteiger partial charge in [0.2, 0.25) is 5.89 Å². The first-order valence-electron chi connectivity index (χ1n) is 5.33. The van der Waals surface area contributed by atoms with E-state index in [0.29, 0.717) is 18.3 Å². The molecule has 15 heavy (non-hydrogen) atoms. The topological polar surface area (TPSA) is 68.4 Å². The molecular weight excluding hydrogens is 196 g/mol. The van der Waals surface area contributed by atoms with E-state index in [1.54, 1.807) is 0 Å².